The molecule has 0 spiro atoms. The average Bonchev–Trinajstić information content (AvgIpc) is 2.19. The molecule has 15 heavy (non-hydrogen) atoms. The van der Waals surface area contributed by atoms with E-state index < -0.39 is 8.17 Å². The van der Waals surface area contributed by atoms with Gasteiger partial charge in [0, 0.05) is 0 Å². The van der Waals surface area contributed by atoms with E-state index in [4.69, 9.17) is 14.5 Å². The SMILES string of the molecule is CCO[PH](O)(O)OCOc1ccccc1. The Balaban J connectivity index is 2.27. The van der Waals surface area contributed by atoms with Crippen molar-refractivity contribution in [2.24, 2.45) is 0 Å². The Bertz CT molecular complexity index is 277. The Labute approximate surface area is 88.9 Å². The summed E-state index contributed by atoms with van der Waals surface area (Å²) in [7, 11) is -3.98. The van der Waals surface area contributed by atoms with Gasteiger partial charge in [0.1, 0.15) is 0 Å². The van der Waals surface area contributed by atoms with Gasteiger partial charge in [-0.25, -0.2) is 0 Å². The molecule has 1 rings (SSSR count). The minimum atomic E-state index is -3.98. The van der Waals surface area contributed by atoms with Gasteiger partial charge < -0.3 is 0 Å². The summed E-state index contributed by atoms with van der Waals surface area (Å²) in [5.74, 6) is 0.596. The van der Waals surface area contributed by atoms with Gasteiger partial charge in [0.2, 0.25) is 0 Å². The summed E-state index contributed by atoms with van der Waals surface area (Å²) in [6.07, 6.45) is 0. The van der Waals surface area contributed by atoms with Crippen LogP contribution < -0.4 is 4.74 Å². The van der Waals surface area contributed by atoms with Crippen LogP contribution in [0.15, 0.2) is 30.3 Å². The van der Waals surface area contributed by atoms with E-state index in [2.05, 4.69) is 9.05 Å². The molecule has 1 aromatic carbocycles. The molecule has 1 aromatic rings. The van der Waals surface area contributed by atoms with Crippen LogP contribution in [0.5, 0.6) is 5.75 Å². The van der Waals surface area contributed by atoms with Gasteiger partial charge in [-0.2, -0.15) is 0 Å². The first kappa shape index (κ1) is 12.4. The summed E-state index contributed by atoms with van der Waals surface area (Å²) in [5, 5.41) is 0. The van der Waals surface area contributed by atoms with Gasteiger partial charge >= 0.3 is 88.1 Å². The van der Waals surface area contributed by atoms with Crippen LogP contribution in [0, 0.1) is 0 Å². The van der Waals surface area contributed by atoms with Gasteiger partial charge in [0.15, 0.2) is 0 Å². The molecule has 0 unspecified atom stereocenters. The normalized spacial score (nSPS) is 12.5. The molecular weight excluding hydrogens is 219 g/mol. The van der Waals surface area contributed by atoms with Crippen molar-refractivity contribution in [3.63, 3.8) is 0 Å². The molecule has 0 saturated carbocycles. The standard InChI is InChI=1S/C9H15O5P/c1-2-13-15(10,11)14-8-12-9-6-4-3-5-7-9/h3-7,10-11,15H,2,8H2,1H3. The van der Waals surface area contributed by atoms with E-state index in [9.17, 15) is 0 Å². The van der Waals surface area contributed by atoms with Crippen molar-refractivity contribution in [2.75, 3.05) is 13.4 Å². The number of rotatable bonds is 6. The van der Waals surface area contributed by atoms with E-state index in [-0.39, 0.29) is 13.4 Å². The number of benzene rings is 1. The van der Waals surface area contributed by atoms with Crippen LogP contribution in [0.2, 0.25) is 0 Å². The molecule has 5 nitrogen and oxygen atoms in total. The van der Waals surface area contributed by atoms with Crippen LogP contribution in [0.3, 0.4) is 0 Å². The molecule has 0 aliphatic rings. The van der Waals surface area contributed by atoms with Crippen molar-refractivity contribution >= 4 is 8.17 Å². The summed E-state index contributed by atoms with van der Waals surface area (Å²) < 4.78 is 14.4. The van der Waals surface area contributed by atoms with Gasteiger partial charge in [-0.1, -0.05) is 0 Å². The summed E-state index contributed by atoms with van der Waals surface area (Å²) in [4.78, 5) is 18.3. The number of para-hydroxylation sites is 1. The Hall–Kier alpha value is -0.710. The van der Waals surface area contributed by atoms with E-state index in [1.807, 2.05) is 6.07 Å². The second-order valence-electron chi connectivity index (χ2n) is 2.70. The van der Waals surface area contributed by atoms with Crippen molar-refractivity contribution in [1.82, 2.24) is 0 Å². The van der Waals surface area contributed by atoms with E-state index in [0.717, 1.165) is 0 Å². The molecule has 86 valence electrons. The zero-order valence-corrected chi connectivity index (χ0v) is 9.42. The Morgan fingerprint density at radius 1 is 1.13 bits per heavy atom. The first-order valence-corrected chi connectivity index (χ1v) is 6.25. The van der Waals surface area contributed by atoms with Gasteiger partial charge in [-0.05, 0) is 0 Å². The molecule has 0 amide bonds. The zero-order valence-electron chi connectivity index (χ0n) is 8.42. The van der Waals surface area contributed by atoms with E-state index in [1.165, 1.54) is 0 Å². The van der Waals surface area contributed by atoms with Crippen LogP contribution in [-0.4, -0.2) is 23.2 Å². The molecule has 0 saturated heterocycles. The number of hydrogen-bond donors (Lipinski definition) is 2. The summed E-state index contributed by atoms with van der Waals surface area (Å²) in [6, 6.07) is 8.94. The van der Waals surface area contributed by atoms with Crippen LogP contribution in [0.1, 0.15) is 6.92 Å². The molecule has 0 heterocycles. The second kappa shape index (κ2) is 6.00. The van der Waals surface area contributed by atoms with Gasteiger partial charge in [0.05, 0.1) is 0 Å². The molecular formula is C9H15O5P. The number of ether oxygens (including phenoxy) is 1. The van der Waals surface area contributed by atoms with Crippen molar-refractivity contribution < 1.29 is 23.6 Å². The Kier molecular flexibility index (Phi) is 4.94. The van der Waals surface area contributed by atoms with Crippen LogP contribution in [0.4, 0.5) is 0 Å². The second-order valence-corrected chi connectivity index (χ2v) is 4.38. The average molecular weight is 234 g/mol. The third-order valence-electron chi connectivity index (χ3n) is 1.55. The molecule has 0 atom stereocenters. The predicted molar refractivity (Wildman–Crippen MR) is 57.4 cm³/mol. The van der Waals surface area contributed by atoms with Gasteiger partial charge in [-0.15, -0.1) is 0 Å². The van der Waals surface area contributed by atoms with Crippen LogP contribution in [0.25, 0.3) is 0 Å². The first-order chi connectivity index (χ1) is 7.14. The van der Waals surface area contributed by atoms with Crippen molar-refractivity contribution in [3.05, 3.63) is 30.3 Å². The monoisotopic (exact) mass is 234 g/mol. The summed E-state index contributed by atoms with van der Waals surface area (Å²) >= 11 is 0. The molecule has 0 radical (unpaired) electrons. The molecule has 0 aliphatic carbocycles. The van der Waals surface area contributed by atoms with Crippen LogP contribution in [-0.2, 0) is 9.05 Å². The zero-order chi connectivity index (χ0) is 11.1. The van der Waals surface area contributed by atoms with Gasteiger partial charge in [-0.3, -0.25) is 0 Å². The topological polar surface area (TPSA) is 68.2 Å². The molecule has 0 aliphatic heterocycles. The van der Waals surface area contributed by atoms with Crippen LogP contribution >= 0.6 is 8.17 Å². The molecule has 0 fully saturated rings. The molecule has 2 N–H and O–H groups in total. The Morgan fingerprint density at radius 3 is 2.40 bits per heavy atom. The molecule has 6 heteroatoms. The fourth-order valence-corrected chi connectivity index (χ4v) is 1.59. The third-order valence-corrected chi connectivity index (χ3v) is 2.71. The number of hydrogen-bond acceptors (Lipinski definition) is 5. The fourth-order valence-electron chi connectivity index (χ4n) is 0.921. The molecule has 0 aromatic heterocycles. The summed E-state index contributed by atoms with van der Waals surface area (Å²) in [5.41, 5.74) is 0. The Morgan fingerprint density at radius 2 is 1.80 bits per heavy atom. The van der Waals surface area contributed by atoms with E-state index in [0.29, 0.717) is 5.75 Å². The summed E-state index contributed by atoms with van der Waals surface area (Å²) in [6.45, 7) is 1.59. The quantitative estimate of drug-likeness (QED) is 0.576. The predicted octanol–water partition coefficient (Wildman–Crippen LogP) is 1.47. The molecule has 0 bridgehead atoms. The van der Waals surface area contributed by atoms with Gasteiger partial charge in [0.25, 0.3) is 0 Å². The maximum absolute atomic E-state index is 9.16. The van der Waals surface area contributed by atoms with Crippen molar-refractivity contribution in [1.29, 1.82) is 0 Å². The first-order valence-electron chi connectivity index (χ1n) is 4.54. The minimum absolute atomic E-state index is 0.185. The third kappa shape index (κ3) is 5.06. The van der Waals surface area contributed by atoms with E-state index in [1.54, 1.807) is 31.2 Å². The van der Waals surface area contributed by atoms with Crippen molar-refractivity contribution in [3.8, 4) is 5.75 Å². The maximum atomic E-state index is 9.16. The fraction of sp³-hybridized carbons (Fsp3) is 0.333. The van der Waals surface area contributed by atoms with Crippen molar-refractivity contribution in [2.45, 2.75) is 6.92 Å². The van der Waals surface area contributed by atoms with E-state index >= 15 is 0 Å².